The van der Waals surface area contributed by atoms with E-state index < -0.39 is 5.54 Å². The number of rotatable bonds is 6. The molecule has 3 rings (SSSR count). The lowest BCUT2D eigenvalue weighted by Crippen LogP contribution is -2.55. The van der Waals surface area contributed by atoms with Crippen LogP contribution >= 0.6 is 0 Å². The molecule has 2 fully saturated rings. The third-order valence-electron chi connectivity index (χ3n) is 5.01. The van der Waals surface area contributed by atoms with Gasteiger partial charge in [-0.2, -0.15) is 0 Å². The standard InChI is InChI=1S/C19H25N3O4/c1-2-6-16(23)21-11-9-19(10-12-21)17(24)22(18(25)20-19)13-14-26-15-7-4-3-5-8-15/h3-5,7-8H,2,6,9-14H2,1H3,(H,20,25). The molecule has 26 heavy (non-hydrogen) atoms. The monoisotopic (exact) mass is 359 g/mol. The molecule has 1 aromatic rings. The van der Waals surface area contributed by atoms with Crippen LogP contribution in [-0.4, -0.2) is 59.4 Å². The summed E-state index contributed by atoms with van der Waals surface area (Å²) in [6, 6.07) is 8.91. The topological polar surface area (TPSA) is 79.0 Å². The van der Waals surface area contributed by atoms with Crippen LogP contribution in [0.2, 0.25) is 0 Å². The van der Waals surface area contributed by atoms with E-state index in [1.165, 1.54) is 4.90 Å². The van der Waals surface area contributed by atoms with E-state index in [9.17, 15) is 14.4 Å². The zero-order chi connectivity index (χ0) is 18.6. The van der Waals surface area contributed by atoms with E-state index in [4.69, 9.17) is 4.74 Å². The largest absolute Gasteiger partial charge is 0.492 e. The molecule has 4 amide bonds. The number of nitrogens with one attached hydrogen (secondary N) is 1. The number of likely N-dealkylation sites (tertiary alicyclic amines) is 1. The van der Waals surface area contributed by atoms with Gasteiger partial charge in [0.05, 0.1) is 6.54 Å². The molecule has 0 aromatic heterocycles. The number of hydrogen-bond donors (Lipinski definition) is 1. The van der Waals surface area contributed by atoms with E-state index in [0.717, 1.165) is 6.42 Å². The minimum atomic E-state index is -0.868. The second-order valence-electron chi connectivity index (χ2n) is 6.76. The smallest absolute Gasteiger partial charge is 0.325 e. The Hall–Kier alpha value is -2.57. The summed E-state index contributed by atoms with van der Waals surface area (Å²) in [6.45, 7) is 3.43. The maximum absolute atomic E-state index is 12.8. The van der Waals surface area contributed by atoms with Crippen molar-refractivity contribution >= 4 is 17.8 Å². The second-order valence-corrected chi connectivity index (χ2v) is 6.76. The molecule has 2 aliphatic rings. The van der Waals surface area contributed by atoms with Gasteiger partial charge in [-0.15, -0.1) is 0 Å². The zero-order valence-corrected chi connectivity index (χ0v) is 15.1. The SMILES string of the molecule is CCCC(=O)N1CCC2(CC1)NC(=O)N(CCOc1ccccc1)C2=O. The minimum Gasteiger partial charge on any atom is -0.492 e. The average molecular weight is 359 g/mol. The van der Waals surface area contributed by atoms with Crippen LogP contribution in [0.5, 0.6) is 5.75 Å². The van der Waals surface area contributed by atoms with Crippen molar-refractivity contribution in [3.63, 3.8) is 0 Å². The summed E-state index contributed by atoms with van der Waals surface area (Å²) < 4.78 is 5.59. The van der Waals surface area contributed by atoms with Gasteiger partial charge in [-0.05, 0) is 31.4 Å². The zero-order valence-electron chi connectivity index (χ0n) is 15.1. The van der Waals surface area contributed by atoms with Gasteiger partial charge in [0.25, 0.3) is 5.91 Å². The van der Waals surface area contributed by atoms with Crippen LogP contribution in [0.15, 0.2) is 30.3 Å². The Bertz CT molecular complexity index is 669. The number of piperidine rings is 1. The van der Waals surface area contributed by atoms with Gasteiger partial charge in [0.15, 0.2) is 0 Å². The van der Waals surface area contributed by atoms with Crippen molar-refractivity contribution in [3.05, 3.63) is 30.3 Å². The molecule has 7 nitrogen and oxygen atoms in total. The molecule has 2 saturated heterocycles. The van der Waals surface area contributed by atoms with Crippen LogP contribution in [0.4, 0.5) is 4.79 Å². The first kappa shape index (κ1) is 18.2. The van der Waals surface area contributed by atoms with Crippen molar-refractivity contribution in [2.45, 2.75) is 38.1 Å². The quantitative estimate of drug-likeness (QED) is 0.785. The number of hydrogen-bond acceptors (Lipinski definition) is 4. The van der Waals surface area contributed by atoms with E-state index in [1.54, 1.807) is 4.90 Å². The molecule has 2 aliphatic heterocycles. The molecule has 1 N–H and O–H groups in total. The molecule has 1 spiro atoms. The molecule has 140 valence electrons. The predicted molar refractivity (Wildman–Crippen MR) is 95.6 cm³/mol. The highest BCUT2D eigenvalue weighted by Gasteiger charge is 2.52. The second kappa shape index (κ2) is 7.76. The van der Waals surface area contributed by atoms with Crippen molar-refractivity contribution in [2.75, 3.05) is 26.2 Å². The minimum absolute atomic E-state index is 0.118. The molecule has 0 saturated carbocycles. The van der Waals surface area contributed by atoms with Crippen LogP contribution in [-0.2, 0) is 9.59 Å². The first-order valence-corrected chi connectivity index (χ1v) is 9.15. The maximum Gasteiger partial charge on any atom is 0.325 e. The number of benzene rings is 1. The van der Waals surface area contributed by atoms with E-state index >= 15 is 0 Å². The van der Waals surface area contributed by atoms with Gasteiger partial charge >= 0.3 is 6.03 Å². The number of para-hydroxylation sites is 1. The third-order valence-corrected chi connectivity index (χ3v) is 5.01. The van der Waals surface area contributed by atoms with Gasteiger partial charge in [-0.3, -0.25) is 14.5 Å². The van der Waals surface area contributed by atoms with Crippen molar-refractivity contribution in [1.82, 2.24) is 15.1 Å². The Balaban J connectivity index is 1.54. The summed E-state index contributed by atoms with van der Waals surface area (Å²) in [7, 11) is 0. The number of carbonyl (C=O) groups is 3. The van der Waals surface area contributed by atoms with Crippen molar-refractivity contribution < 1.29 is 19.1 Å². The van der Waals surface area contributed by atoms with Gasteiger partial charge < -0.3 is 15.0 Å². The molecule has 2 heterocycles. The van der Waals surface area contributed by atoms with Crippen molar-refractivity contribution in [3.8, 4) is 5.75 Å². The van der Waals surface area contributed by atoms with Gasteiger partial charge in [-0.1, -0.05) is 25.1 Å². The van der Waals surface area contributed by atoms with E-state index in [0.29, 0.717) is 38.1 Å². The summed E-state index contributed by atoms with van der Waals surface area (Å²) in [5.74, 6) is 0.617. The van der Waals surface area contributed by atoms with Crippen LogP contribution in [0, 0.1) is 0 Å². The van der Waals surface area contributed by atoms with Gasteiger partial charge in [0, 0.05) is 19.5 Å². The molecule has 0 aliphatic carbocycles. The molecular weight excluding hydrogens is 334 g/mol. The van der Waals surface area contributed by atoms with Gasteiger partial charge in [0.2, 0.25) is 5.91 Å². The Morgan fingerprint density at radius 3 is 2.54 bits per heavy atom. The fourth-order valence-electron chi connectivity index (χ4n) is 3.50. The lowest BCUT2D eigenvalue weighted by molar-refractivity contribution is -0.138. The molecule has 7 heteroatoms. The van der Waals surface area contributed by atoms with E-state index in [1.807, 2.05) is 37.3 Å². The summed E-state index contributed by atoms with van der Waals surface area (Å²) >= 11 is 0. The van der Waals surface area contributed by atoms with E-state index in [-0.39, 0.29) is 31.0 Å². The molecule has 0 atom stereocenters. The molecule has 0 bridgehead atoms. The summed E-state index contributed by atoms with van der Waals surface area (Å²) in [6.07, 6.45) is 2.26. The molecular formula is C19H25N3O4. The first-order chi connectivity index (χ1) is 12.6. The number of amides is 4. The number of ether oxygens (including phenoxy) is 1. The molecule has 0 radical (unpaired) electrons. The van der Waals surface area contributed by atoms with Crippen LogP contribution in [0.1, 0.15) is 32.6 Å². The summed E-state index contributed by atoms with van der Waals surface area (Å²) in [5.41, 5.74) is -0.868. The average Bonchev–Trinajstić information content (AvgIpc) is 2.87. The highest BCUT2D eigenvalue weighted by molar-refractivity contribution is 6.07. The first-order valence-electron chi connectivity index (χ1n) is 9.15. The Morgan fingerprint density at radius 1 is 1.19 bits per heavy atom. The van der Waals surface area contributed by atoms with E-state index in [2.05, 4.69) is 5.32 Å². The van der Waals surface area contributed by atoms with Crippen LogP contribution < -0.4 is 10.1 Å². The number of urea groups is 1. The third kappa shape index (κ3) is 3.66. The Labute approximate surface area is 153 Å². The Kier molecular flexibility index (Phi) is 5.44. The van der Waals surface area contributed by atoms with Crippen molar-refractivity contribution in [2.24, 2.45) is 0 Å². The summed E-state index contributed by atoms with van der Waals surface area (Å²) in [5, 5.41) is 2.85. The number of carbonyl (C=O) groups excluding carboxylic acids is 3. The number of imide groups is 1. The van der Waals surface area contributed by atoms with Gasteiger partial charge in [-0.25, -0.2) is 4.79 Å². The van der Waals surface area contributed by atoms with Crippen LogP contribution in [0.25, 0.3) is 0 Å². The fraction of sp³-hybridized carbons (Fsp3) is 0.526. The normalized spacial score (nSPS) is 19.0. The molecule has 1 aromatic carbocycles. The maximum atomic E-state index is 12.8. The highest BCUT2D eigenvalue weighted by atomic mass is 16.5. The summed E-state index contributed by atoms with van der Waals surface area (Å²) in [4.78, 5) is 40.1. The lowest BCUT2D eigenvalue weighted by atomic mass is 9.87. The lowest BCUT2D eigenvalue weighted by Gasteiger charge is -2.37. The predicted octanol–water partition coefficient (Wildman–Crippen LogP) is 1.78. The van der Waals surface area contributed by atoms with Gasteiger partial charge in [0.1, 0.15) is 17.9 Å². The highest BCUT2D eigenvalue weighted by Crippen LogP contribution is 2.29. The number of nitrogens with zero attached hydrogens (tertiary/aromatic N) is 2. The molecule has 0 unspecified atom stereocenters. The van der Waals surface area contributed by atoms with Crippen LogP contribution in [0.3, 0.4) is 0 Å². The van der Waals surface area contributed by atoms with Crippen molar-refractivity contribution in [1.29, 1.82) is 0 Å². The fourth-order valence-corrected chi connectivity index (χ4v) is 3.50. The Morgan fingerprint density at radius 2 is 1.88 bits per heavy atom.